The second-order valence-corrected chi connectivity index (χ2v) is 8.78. The van der Waals surface area contributed by atoms with Gasteiger partial charge in [0.2, 0.25) is 5.91 Å². The molecule has 0 spiro atoms. The molecule has 0 radical (unpaired) electrons. The van der Waals surface area contributed by atoms with Gasteiger partial charge in [-0.25, -0.2) is 4.39 Å². The molecular formula is C26H23F7N2O3. The molecule has 2 aromatic carbocycles. The number of furan rings is 1. The number of halogens is 7. The van der Waals surface area contributed by atoms with Crippen molar-refractivity contribution in [2.24, 2.45) is 0 Å². The number of alkyl halides is 6. The van der Waals surface area contributed by atoms with E-state index in [1.54, 1.807) is 12.1 Å². The Morgan fingerprint density at radius 3 is 1.92 bits per heavy atom. The number of carbonyl (C=O) groups excluding carboxylic acids is 2. The monoisotopic (exact) mass is 544 g/mol. The lowest BCUT2D eigenvalue weighted by Crippen LogP contribution is -2.45. The zero-order valence-electron chi connectivity index (χ0n) is 20.2. The first-order valence-electron chi connectivity index (χ1n) is 11.3. The summed E-state index contributed by atoms with van der Waals surface area (Å²) in [5, 5.41) is 0. The third-order valence-electron chi connectivity index (χ3n) is 5.59. The fourth-order valence-corrected chi connectivity index (χ4v) is 3.61. The zero-order chi connectivity index (χ0) is 28.3. The molecule has 38 heavy (non-hydrogen) atoms. The van der Waals surface area contributed by atoms with E-state index in [0.717, 1.165) is 4.90 Å². The summed E-state index contributed by atoms with van der Waals surface area (Å²) in [4.78, 5) is 28.6. The molecule has 0 saturated heterocycles. The Kier molecular flexibility index (Phi) is 8.53. The van der Waals surface area contributed by atoms with Crippen LogP contribution in [0.1, 0.15) is 46.7 Å². The fourth-order valence-electron chi connectivity index (χ4n) is 3.61. The molecular weight excluding hydrogens is 521 g/mol. The molecule has 0 unspecified atom stereocenters. The van der Waals surface area contributed by atoms with Crippen LogP contribution in [0.5, 0.6) is 0 Å². The topological polar surface area (TPSA) is 53.8 Å². The van der Waals surface area contributed by atoms with Crippen LogP contribution in [0.2, 0.25) is 0 Å². The van der Waals surface area contributed by atoms with Gasteiger partial charge in [0.15, 0.2) is 0 Å². The summed E-state index contributed by atoms with van der Waals surface area (Å²) in [6, 6.07) is 8.30. The maximum Gasteiger partial charge on any atom is 0.416 e. The highest BCUT2D eigenvalue weighted by Crippen LogP contribution is 2.36. The van der Waals surface area contributed by atoms with Crippen molar-refractivity contribution in [3.63, 3.8) is 0 Å². The van der Waals surface area contributed by atoms with Crippen molar-refractivity contribution >= 4 is 11.8 Å². The van der Waals surface area contributed by atoms with Gasteiger partial charge >= 0.3 is 12.4 Å². The smallest absolute Gasteiger partial charge is 0.416 e. The van der Waals surface area contributed by atoms with Crippen LogP contribution in [0.15, 0.2) is 65.3 Å². The third-order valence-corrected chi connectivity index (χ3v) is 5.59. The van der Waals surface area contributed by atoms with Crippen LogP contribution < -0.4 is 0 Å². The summed E-state index contributed by atoms with van der Waals surface area (Å²) in [7, 11) is 0. The zero-order valence-corrected chi connectivity index (χ0v) is 20.2. The molecule has 0 saturated carbocycles. The normalized spacial score (nSPS) is 12.1. The summed E-state index contributed by atoms with van der Waals surface area (Å²) in [6.45, 7) is 2.23. The maximum absolute atomic E-state index is 13.3. The first-order chi connectivity index (χ1) is 17.6. The molecule has 0 bridgehead atoms. The Balaban J connectivity index is 1.92. The number of amides is 2. The maximum atomic E-state index is 13.3. The number of benzene rings is 2. The molecule has 2 amide bonds. The van der Waals surface area contributed by atoms with Crippen molar-refractivity contribution < 1.29 is 44.7 Å². The quantitative estimate of drug-likeness (QED) is 0.303. The molecule has 0 fully saturated rings. The van der Waals surface area contributed by atoms with Gasteiger partial charge in [-0.15, -0.1) is 0 Å². The molecule has 0 N–H and O–H groups in total. The van der Waals surface area contributed by atoms with Crippen LogP contribution in [-0.4, -0.2) is 34.2 Å². The second-order valence-electron chi connectivity index (χ2n) is 8.78. The lowest BCUT2D eigenvalue weighted by molar-refractivity contribution is -0.143. The first kappa shape index (κ1) is 28.7. The predicted molar refractivity (Wildman–Crippen MR) is 122 cm³/mol. The highest BCUT2D eigenvalue weighted by molar-refractivity contribution is 5.97. The Morgan fingerprint density at radius 1 is 0.868 bits per heavy atom. The molecule has 0 aliphatic heterocycles. The molecule has 5 nitrogen and oxygen atoms in total. The van der Waals surface area contributed by atoms with Crippen molar-refractivity contribution in [1.82, 2.24) is 9.80 Å². The van der Waals surface area contributed by atoms with Gasteiger partial charge in [0.25, 0.3) is 5.91 Å². The minimum Gasteiger partial charge on any atom is -0.467 e. The van der Waals surface area contributed by atoms with Gasteiger partial charge in [-0.2, -0.15) is 26.3 Å². The SMILES string of the molecule is CC(C)N(CC(=O)N(Cc1ccc(F)cc1)Cc1ccco1)C(=O)c1cc(C(F)(F)F)cc(C(F)(F)F)c1. The van der Waals surface area contributed by atoms with Crippen LogP contribution >= 0.6 is 0 Å². The Bertz CT molecular complexity index is 1220. The molecule has 3 rings (SSSR count). The van der Waals surface area contributed by atoms with E-state index in [1.165, 1.54) is 49.3 Å². The summed E-state index contributed by atoms with van der Waals surface area (Å²) in [5.41, 5.74) is -3.59. The van der Waals surface area contributed by atoms with E-state index >= 15 is 0 Å². The summed E-state index contributed by atoms with van der Waals surface area (Å²) < 4.78 is 98.4. The lowest BCUT2D eigenvalue weighted by Gasteiger charge is -2.30. The minimum atomic E-state index is -5.14. The van der Waals surface area contributed by atoms with Crippen LogP contribution in [-0.2, 0) is 30.2 Å². The largest absolute Gasteiger partial charge is 0.467 e. The van der Waals surface area contributed by atoms with Gasteiger partial charge < -0.3 is 14.2 Å². The summed E-state index contributed by atoms with van der Waals surface area (Å²) in [5.74, 6) is -1.94. The molecule has 1 heterocycles. The van der Waals surface area contributed by atoms with Gasteiger partial charge in [0.05, 0.1) is 23.9 Å². The second kappa shape index (κ2) is 11.3. The highest BCUT2D eigenvalue weighted by Gasteiger charge is 2.38. The van der Waals surface area contributed by atoms with E-state index in [9.17, 15) is 40.3 Å². The van der Waals surface area contributed by atoms with E-state index in [2.05, 4.69) is 0 Å². The van der Waals surface area contributed by atoms with E-state index in [-0.39, 0.29) is 19.2 Å². The van der Waals surface area contributed by atoms with E-state index in [1.807, 2.05) is 0 Å². The third kappa shape index (κ3) is 7.36. The molecule has 0 aliphatic rings. The molecule has 0 aliphatic carbocycles. The molecule has 204 valence electrons. The first-order valence-corrected chi connectivity index (χ1v) is 11.3. The number of carbonyl (C=O) groups is 2. The van der Waals surface area contributed by atoms with Crippen molar-refractivity contribution in [3.05, 3.63) is 94.7 Å². The van der Waals surface area contributed by atoms with Gasteiger partial charge in [0.1, 0.15) is 18.1 Å². The Morgan fingerprint density at radius 2 is 1.45 bits per heavy atom. The minimum absolute atomic E-state index is 0.0261. The van der Waals surface area contributed by atoms with E-state index < -0.39 is 59.3 Å². The standard InChI is InChI=1S/C26H23F7N2O3/c1-16(2)35(24(37)18-10-19(25(28,29)30)12-20(11-18)26(31,32)33)15-23(36)34(14-22-4-3-9-38-22)13-17-5-7-21(27)8-6-17/h3-12,16H,13-15H2,1-2H3. The van der Waals surface area contributed by atoms with Crippen molar-refractivity contribution in [2.75, 3.05) is 6.54 Å². The average molecular weight is 544 g/mol. The Labute approximate surface area is 213 Å². The van der Waals surface area contributed by atoms with Crippen LogP contribution in [0, 0.1) is 5.82 Å². The van der Waals surface area contributed by atoms with Crippen LogP contribution in [0.3, 0.4) is 0 Å². The van der Waals surface area contributed by atoms with Gasteiger partial charge in [-0.05, 0) is 61.9 Å². The summed E-state index contributed by atoms with van der Waals surface area (Å²) >= 11 is 0. The van der Waals surface area contributed by atoms with Gasteiger partial charge in [-0.1, -0.05) is 12.1 Å². The number of nitrogens with zero attached hydrogens (tertiary/aromatic N) is 2. The molecule has 3 aromatic rings. The fraction of sp³-hybridized carbons (Fsp3) is 0.308. The summed E-state index contributed by atoms with van der Waals surface area (Å²) in [6.07, 6.45) is -8.89. The van der Waals surface area contributed by atoms with Crippen LogP contribution in [0.25, 0.3) is 0 Å². The molecule has 12 heteroatoms. The number of hydrogen-bond acceptors (Lipinski definition) is 3. The average Bonchev–Trinajstić information content (AvgIpc) is 3.34. The van der Waals surface area contributed by atoms with Crippen LogP contribution in [0.4, 0.5) is 30.7 Å². The molecule has 1 aromatic heterocycles. The van der Waals surface area contributed by atoms with Gasteiger partial charge in [-0.3, -0.25) is 9.59 Å². The highest BCUT2D eigenvalue weighted by atomic mass is 19.4. The van der Waals surface area contributed by atoms with Crippen molar-refractivity contribution in [1.29, 1.82) is 0 Å². The lowest BCUT2D eigenvalue weighted by atomic mass is 10.0. The van der Waals surface area contributed by atoms with E-state index in [0.29, 0.717) is 23.5 Å². The van der Waals surface area contributed by atoms with E-state index in [4.69, 9.17) is 4.42 Å². The Hall–Kier alpha value is -3.83. The number of hydrogen-bond donors (Lipinski definition) is 0. The number of rotatable bonds is 8. The van der Waals surface area contributed by atoms with Crippen molar-refractivity contribution in [2.45, 2.75) is 45.3 Å². The predicted octanol–water partition coefficient (Wildman–Crippen LogP) is 6.54. The molecule has 0 atom stereocenters. The van der Waals surface area contributed by atoms with Gasteiger partial charge in [0, 0.05) is 18.2 Å². The van der Waals surface area contributed by atoms with Crippen molar-refractivity contribution in [3.8, 4) is 0 Å².